The van der Waals surface area contributed by atoms with Crippen LogP contribution in [0.1, 0.15) is 126 Å². The highest BCUT2D eigenvalue weighted by Crippen LogP contribution is 2.28. The highest BCUT2D eigenvalue weighted by atomic mass is 79.9. The lowest BCUT2D eigenvalue weighted by atomic mass is 9.90. The third-order valence-electron chi connectivity index (χ3n) is 7.24. The van der Waals surface area contributed by atoms with Crippen molar-refractivity contribution in [1.82, 2.24) is 0 Å². The van der Waals surface area contributed by atoms with Gasteiger partial charge in [-0.1, -0.05) is 80.1 Å². The molecule has 0 aromatic rings. The topological polar surface area (TPSA) is 0 Å². The van der Waals surface area contributed by atoms with Crippen LogP contribution in [-0.2, 0) is 0 Å². The minimum absolute atomic E-state index is 0. The van der Waals surface area contributed by atoms with Gasteiger partial charge in [0.2, 0.25) is 0 Å². The Balaban J connectivity index is 0. The highest BCUT2D eigenvalue weighted by molar-refractivity contribution is 4.66. The first kappa shape index (κ1) is 30.6. The first-order valence-corrected chi connectivity index (χ1v) is 12.9. The number of quaternary nitrogens is 1. The molecule has 0 bridgehead atoms. The van der Waals surface area contributed by atoms with Crippen LogP contribution in [0.5, 0.6) is 0 Å². The average Bonchev–Trinajstić information content (AvgIpc) is 2.70. The standard InChI is InChI=1S/C26H56N.BrH/c1-8-15-18-24(11-4)21-27(14-7,22-25(12-5)19-16-9-2)23-26(13-6)20-17-10-3;/h24-26H,8-23H2,1-7H3;1H/q+1;/p-1. The Morgan fingerprint density at radius 3 is 0.964 bits per heavy atom. The van der Waals surface area contributed by atoms with E-state index in [1.807, 2.05) is 0 Å². The molecule has 0 aliphatic carbocycles. The molecule has 0 fully saturated rings. The third kappa shape index (κ3) is 12.9. The molecule has 0 N–H and O–H groups in total. The van der Waals surface area contributed by atoms with E-state index >= 15 is 0 Å². The van der Waals surface area contributed by atoms with Crippen molar-refractivity contribution in [3.8, 4) is 0 Å². The van der Waals surface area contributed by atoms with E-state index in [0.29, 0.717) is 0 Å². The molecule has 0 saturated heterocycles. The Morgan fingerprint density at radius 2 is 0.786 bits per heavy atom. The van der Waals surface area contributed by atoms with Crippen molar-refractivity contribution < 1.29 is 21.5 Å². The summed E-state index contributed by atoms with van der Waals surface area (Å²) in [5.74, 6) is 2.78. The van der Waals surface area contributed by atoms with Crippen LogP contribution in [0.4, 0.5) is 0 Å². The van der Waals surface area contributed by atoms with Crippen LogP contribution in [0.25, 0.3) is 0 Å². The van der Waals surface area contributed by atoms with E-state index in [2.05, 4.69) is 48.5 Å². The van der Waals surface area contributed by atoms with Crippen molar-refractivity contribution in [2.75, 3.05) is 26.2 Å². The molecule has 1 nitrogen and oxygen atoms in total. The second kappa shape index (κ2) is 19.4. The molecule has 0 heterocycles. The van der Waals surface area contributed by atoms with E-state index in [4.69, 9.17) is 0 Å². The largest absolute Gasteiger partial charge is 1.00 e. The Hall–Kier alpha value is 0.440. The van der Waals surface area contributed by atoms with E-state index in [0.717, 1.165) is 17.8 Å². The van der Waals surface area contributed by atoms with E-state index in [1.54, 1.807) is 0 Å². The van der Waals surface area contributed by atoms with Crippen molar-refractivity contribution in [1.29, 1.82) is 0 Å². The van der Waals surface area contributed by atoms with Crippen molar-refractivity contribution in [2.24, 2.45) is 17.8 Å². The van der Waals surface area contributed by atoms with E-state index in [1.165, 1.54) is 108 Å². The lowest BCUT2D eigenvalue weighted by Gasteiger charge is -2.44. The monoisotopic (exact) mass is 461 g/mol. The SMILES string of the molecule is CCCCC(CC)C[N+](CC)(CC(CC)CCCC)CC(CC)CCCC.[Br-]. The van der Waals surface area contributed by atoms with Crippen molar-refractivity contribution in [3.05, 3.63) is 0 Å². The van der Waals surface area contributed by atoms with Gasteiger partial charge in [0.15, 0.2) is 0 Å². The highest BCUT2D eigenvalue weighted by Gasteiger charge is 2.33. The molecule has 0 aromatic heterocycles. The summed E-state index contributed by atoms with van der Waals surface area (Å²) >= 11 is 0. The van der Waals surface area contributed by atoms with Crippen molar-refractivity contribution in [2.45, 2.75) is 126 Å². The summed E-state index contributed by atoms with van der Waals surface area (Å²) < 4.78 is 1.41. The van der Waals surface area contributed by atoms with Crippen LogP contribution in [0.15, 0.2) is 0 Å². The fraction of sp³-hybridized carbons (Fsp3) is 1.00. The predicted octanol–water partition coefficient (Wildman–Crippen LogP) is 5.48. The average molecular weight is 463 g/mol. The number of hydrogen-bond acceptors (Lipinski definition) is 0. The molecule has 0 spiro atoms. The smallest absolute Gasteiger partial charge is 0.0815 e. The quantitative estimate of drug-likeness (QED) is 0.223. The molecule has 0 aromatic carbocycles. The molecular weight excluding hydrogens is 406 g/mol. The Kier molecular flexibility index (Phi) is 21.2. The minimum Gasteiger partial charge on any atom is -1.00 e. The molecule has 0 saturated carbocycles. The van der Waals surface area contributed by atoms with Gasteiger partial charge in [-0.15, -0.1) is 0 Å². The lowest BCUT2D eigenvalue weighted by Crippen LogP contribution is -3.00. The second-order valence-electron chi connectivity index (χ2n) is 9.46. The fourth-order valence-electron chi connectivity index (χ4n) is 5.01. The Labute approximate surface area is 190 Å². The van der Waals surface area contributed by atoms with Crippen LogP contribution >= 0.6 is 0 Å². The molecule has 28 heavy (non-hydrogen) atoms. The maximum Gasteiger partial charge on any atom is 0.0815 e. The summed E-state index contributed by atoms with van der Waals surface area (Å²) in [6, 6.07) is 0. The zero-order chi connectivity index (χ0) is 20.5. The zero-order valence-electron chi connectivity index (χ0n) is 20.9. The molecular formula is C26H56BrN. The van der Waals surface area contributed by atoms with Crippen molar-refractivity contribution in [3.63, 3.8) is 0 Å². The summed E-state index contributed by atoms with van der Waals surface area (Å²) in [6.07, 6.45) is 16.8. The number of hydrogen-bond donors (Lipinski definition) is 0. The lowest BCUT2D eigenvalue weighted by molar-refractivity contribution is -0.936. The summed E-state index contributed by atoms with van der Waals surface area (Å²) in [5.41, 5.74) is 0. The van der Waals surface area contributed by atoms with Gasteiger partial charge in [-0.2, -0.15) is 0 Å². The van der Waals surface area contributed by atoms with Gasteiger partial charge in [-0.05, 0) is 45.4 Å². The van der Waals surface area contributed by atoms with Gasteiger partial charge >= 0.3 is 0 Å². The summed E-state index contributed by atoms with van der Waals surface area (Å²) in [7, 11) is 0. The van der Waals surface area contributed by atoms with E-state index in [-0.39, 0.29) is 17.0 Å². The molecule has 172 valence electrons. The summed E-state index contributed by atoms with van der Waals surface area (Å²) in [5, 5.41) is 0. The molecule has 3 unspecified atom stereocenters. The molecule has 0 radical (unpaired) electrons. The number of rotatable bonds is 19. The summed E-state index contributed by atoms with van der Waals surface area (Å²) in [6.45, 7) is 22.5. The maximum atomic E-state index is 2.49. The normalized spacial score (nSPS) is 16.8. The van der Waals surface area contributed by atoms with Crippen LogP contribution in [0.2, 0.25) is 0 Å². The molecule has 3 atom stereocenters. The molecule has 0 rings (SSSR count). The van der Waals surface area contributed by atoms with Gasteiger partial charge in [0.05, 0.1) is 26.2 Å². The first-order valence-electron chi connectivity index (χ1n) is 12.9. The van der Waals surface area contributed by atoms with Gasteiger partial charge in [0.25, 0.3) is 0 Å². The van der Waals surface area contributed by atoms with Crippen molar-refractivity contribution >= 4 is 0 Å². The van der Waals surface area contributed by atoms with E-state index < -0.39 is 0 Å². The second-order valence-corrected chi connectivity index (χ2v) is 9.46. The Bertz CT molecular complexity index is 272. The van der Waals surface area contributed by atoms with Gasteiger partial charge < -0.3 is 21.5 Å². The van der Waals surface area contributed by atoms with E-state index in [9.17, 15) is 0 Å². The number of unbranched alkanes of at least 4 members (excludes halogenated alkanes) is 3. The van der Waals surface area contributed by atoms with Gasteiger partial charge in [-0.3, -0.25) is 0 Å². The molecule has 2 heteroatoms. The zero-order valence-corrected chi connectivity index (χ0v) is 22.5. The molecule has 0 aliphatic rings. The van der Waals surface area contributed by atoms with Crippen LogP contribution in [0.3, 0.4) is 0 Å². The third-order valence-corrected chi connectivity index (χ3v) is 7.24. The predicted molar refractivity (Wildman–Crippen MR) is 125 cm³/mol. The summed E-state index contributed by atoms with van der Waals surface area (Å²) in [4.78, 5) is 0. The first-order chi connectivity index (χ1) is 13.0. The van der Waals surface area contributed by atoms with Crippen LogP contribution in [-0.4, -0.2) is 30.7 Å². The van der Waals surface area contributed by atoms with Crippen LogP contribution < -0.4 is 17.0 Å². The van der Waals surface area contributed by atoms with Gasteiger partial charge in [-0.25, -0.2) is 0 Å². The van der Waals surface area contributed by atoms with Gasteiger partial charge in [0, 0.05) is 17.8 Å². The Morgan fingerprint density at radius 1 is 0.500 bits per heavy atom. The fourth-order valence-corrected chi connectivity index (χ4v) is 5.01. The van der Waals surface area contributed by atoms with Crippen LogP contribution in [0, 0.1) is 17.8 Å². The number of nitrogens with zero attached hydrogens (tertiary/aromatic N) is 1. The molecule has 0 aliphatic heterocycles. The number of halogens is 1. The maximum absolute atomic E-state index is 2.49. The minimum atomic E-state index is 0. The van der Waals surface area contributed by atoms with Gasteiger partial charge in [0.1, 0.15) is 0 Å². The molecule has 0 amide bonds.